The standard InChI is InChI=1S/C17H17ClN2O2/c1-22-17(21)16(11-4-3-9-19-10-11)20-15-8-7-12-13(15)5-2-6-14(12)18/h2-6,9-10,15-16,20H,7-8H2,1H3/t15-,16+/m1/s1. The minimum absolute atomic E-state index is 0.0815. The second-order valence-electron chi connectivity index (χ2n) is 5.31. The molecule has 1 aliphatic rings. The molecular weight excluding hydrogens is 300 g/mol. The van der Waals surface area contributed by atoms with Gasteiger partial charge in [0, 0.05) is 23.5 Å². The number of nitrogens with one attached hydrogen (secondary N) is 1. The highest BCUT2D eigenvalue weighted by Crippen LogP contribution is 2.36. The fourth-order valence-corrected chi connectivity index (χ4v) is 3.23. The fraction of sp³-hybridized carbons (Fsp3) is 0.294. The zero-order valence-electron chi connectivity index (χ0n) is 12.3. The number of nitrogens with zero attached hydrogens (tertiary/aromatic N) is 1. The number of halogens is 1. The first kappa shape index (κ1) is 15.0. The molecule has 1 aromatic carbocycles. The Kier molecular flexibility index (Phi) is 4.41. The summed E-state index contributed by atoms with van der Waals surface area (Å²) in [5, 5.41) is 4.18. The number of benzene rings is 1. The Morgan fingerprint density at radius 1 is 1.41 bits per heavy atom. The molecule has 1 aliphatic carbocycles. The molecule has 0 unspecified atom stereocenters. The van der Waals surface area contributed by atoms with Crippen LogP contribution in [0.1, 0.15) is 35.2 Å². The zero-order chi connectivity index (χ0) is 15.5. The molecule has 3 rings (SSSR count). The Balaban J connectivity index is 1.87. The van der Waals surface area contributed by atoms with Gasteiger partial charge in [0.2, 0.25) is 0 Å². The highest BCUT2D eigenvalue weighted by atomic mass is 35.5. The SMILES string of the molecule is COC(=O)[C@@H](N[C@@H]1CCc2c(Cl)cccc21)c1cccnc1. The Morgan fingerprint density at radius 3 is 3.00 bits per heavy atom. The average Bonchev–Trinajstić information content (AvgIpc) is 2.97. The molecule has 2 aromatic rings. The van der Waals surface area contributed by atoms with Crippen LogP contribution in [0.25, 0.3) is 0 Å². The van der Waals surface area contributed by atoms with Crippen molar-refractivity contribution in [2.24, 2.45) is 0 Å². The largest absolute Gasteiger partial charge is 0.468 e. The normalized spacial score (nSPS) is 17.8. The molecule has 0 aliphatic heterocycles. The summed E-state index contributed by atoms with van der Waals surface area (Å²) < 4.78 is 4.93. The molecule has 1 aromatic heterocycles. The van der Waals surface area contributed by atoms with Crippen molar-refractivity contribution >= 4 is 17.6 Å². The number of methoxy groups -OCH3 is 1. The minimum Gasteiger partial charge on any atom is -0.468 e. The summed E-state index contributed by atoms with van der Waals surface area (Å²) in [6.45, 7) is 0. The van der Waals surface area contributed by atoms with Gasteiger partial charge in [-0.05, 0) is 41.7 Å². The van der Waals surface area contributed by atoms with Gasteiger partial charge in [-0.2, -0.15) is 0 Å². The molecular formula is C17H17ClN2O2. The molecule has 0 saturated heterocycles. The number of hydrogen-bond acceptors (Lipinski definition) is 4. The van der Waals surface area contributed by atoms with Gasteiger partial charge in [0.15, 0.2) is 0 Å². The van der Waals surface area contributed by atoms with Gasteiger partial charge in [-0.25, -0.2) is 4.79 Å². The van der Waals surface area contributed by atoms with E-state index in [1.54, 1.807) is 12.4 Å². The van der Waals surface area contributed by atoms with Crippen LogP contribution in [0, 0.1) is 0 Å². The second-order valence-corrected chi connectivity index (χ2v) is 5.72. The molecule has 0 radical (unpaired) electrons. The third kappa shape index (κ3) is 2.85. The molecule has 5 heteroatoms. The number of hydrogen-bond donors (Lipinski definition) is 1. The summed E-state index contributed by atoms with van der Waals surface area (Å²) >= 11 is 6.25. The number of rotatable bonds is 4. The van der Waals surface area contributed by atoms with Crippen LogP contribution in [0.3, 0.4) is 0 Å². The van der Waals surface area contributed by atoms with Crippen LogP contribution in [0.4, 0.5) is 0 Å². The highest BCUT2D eigenvalue weighted by molar-refractivity contribution is 6.31. The molecule has 2 atom stereocenters. The van der Waals surface area contributed by atoms with E-state index in [2.05, 4.69) is 16.4 Å². The molecule has 1 heterocycles. The van der Waals surface area contributed by atoms with Crippen molar-refractivity contribution in [1.82, 2.24) is 10.3 Å². The molecule has 0 amide bonds. The van der Waals surface area contributed by atoms with Crippen molar-refractivity contribution in [3.63, 3.8) is 0 Å². The molecule has 22 heavy (non-hydrogen) atoms. The van der Waals surface area contributed by atoms with E-state index in [-0.39, 0.29) is 12.0 Å². The molecule has 114 valence electrons. The van der Waals surface area contributed by atoms with E-state index in [0.29, 0.717) is 0 Å². The van der Waals surface area contributed by atoms with Gasteiger partial charge in [0.1, 0.15) is 6.04 Å². The van der Waals surface area contributed by atoms with Gasteiger partial charge in [0.05, 0.1) is 7.11 Å². The van der Waals surface area contributed by atoms with Gasteiger partial charge in [-0.15, -0.1) is 0 Å². The molecule has 0 saturated carbocycles. The van der Waals surface area contributed by atoms with E-state index in [0.717, 1.165) is 34.6 Å². The van der Waals surface area contributed by atoms with Crippen LogP contribution in [0.15, 0.2) is 42.7 Å². The van der Waals surface area contributed by atoms with Crippen LogP contribution in [-0.2, 0) is 16.0 Å². The molecule has 4 nitrogen and oxygen atoms in total. The summed E-state index contributed by atoms with van der Waals surface area (Å²) in [7, 11) is 1.40. The first-order chi connectivity index (χ1) is 10.7. The summed E-state index contributed by atoms with van der Waals surface area (Å²) in [5.74, 6) is -0.316. The Labute approximate surface area is 134 Å². The first-order valence-corrected chi connectivity index (χ1v) is 7.59. The lowest BCUT2D eigenvalue weighted by Gasteiger charge is -2.22. The van der Waals surface area contributed by atoms with Crippen LogP contribution in [-0.4, -0.2) is 18.1 Å². The second kappa shape index (κ2) is 6.46. The number of pyridine rings is 1. The Hall–Kier alpha value is -1.91. The number of esters is 1. The smallest absolute Gasteiger partial charge is 0.327 e. The highest BCUT2D eigenvalue weighted by Gasteiger charge is 2.30. The summed E-state index contributed by atoms with van der Waals surface area (Å²) in [5.41, 5.74) is 3.12. The summed E-state index contributed by atoms with van der Waals surface area (Å²) in [4.78, 5) is 16.2. The predicted molar refractivity (Wildman–Crippen MR) is 84.6 cm³/mol. The maximum absolute atomic E-state index is 12.1. The van der Waals surface area contributed by atoms with Gasteiger partial charge < -0.3 is 4.74 Å². The number of fused-ring (bicyclic) bond motifs is 1. The van der Waals surface area contributed by atoms with Crippen molar-refractivity contribution in [2.75, 3.05) is 7.11 Å². The molecule has 0 bridgehead atoms. The third-order valence-corrected chi connectivity index (χ3v) is 4.39. The zero-order valence-corrected chi connectivity index (χ0v) is 13.0. The molecule has 0 fully saturated rings. The minimum atomic E-state index is -0.534. The first-order valence-electron chi connectivity index (χ1n) is 7.22. The summed E-state index contributed by atoms with van der Waals surface area (Å²) in [6, 6.07) is 9.14. The van der Waals surface area contributed by atoms with E-state index >= 15 is 0 Å². The van der Waals surface area contributed by atoms with Crippen molar-refractivity contribution in [3.8, 4) is 0 Å². The molecule has 0 spiro atoms. The van der Waals surface area contributed by atoms with Gasteiger partial charge in [-0.3, -0.25) is 10.3 Å². The van der Waals surface area contributed by atoms with Crippen molar-refractivity contribution in [2.45, 2.75) is 24.9 Å². The monoisotopic (exact) mass is 316 g/mol. The fourth-order valence-electron chi connectivity index (χ4n) is 2.95. The van der Waals surface area contributed by atoms with E-state index in [1.807, 2.05) is 24.3 Å². The van der Waals surface area contributed by atoms with E-state index in [1.165, 1.54) is 7.11 Å². The van der Waals surface area contributed by atoms with Crippen LogP contribution < -0.4 is 5.32 Å². The van der Waals surface area contributed by atoms with Gasteiger partial charge in [-0.1, -0.05) is 29.8 Å². The lowest BCUT2D eigenvalue weighted by molar-refractivity contribution is -0.143. The third-order valence-electron chi connectivity index (χ3n) is 4.04. The number of ether oxygens (including phenoxy) is 1. The van der Waals surface area contributed by atoms with E-state index < -0.39 is 6.04 Å². The number of aromatic nitrogens is 1. The average molecular weight is 317 g/mol. The Morgan fingerprint density at radius 2 is 2.27 bits per heavy atom. The number of carbonyl (C=O) groups excluding carboxylic acids is 1. The predicted octanol–water partition coefficient (Wildman–Crippen LogP) is 3.23. The van der Waals surface area contributed by atoms with Gasteiger partial charge >= 0.3 is 5.97 Å². The maximum Gasteiger partial charge on any atom is 0.327 e. The van der Waals surface area contributed by atoms with Crippen LogP contribution in [0.2, 0.25) is 5.02 Å². The Bertz CT molecular complexity index is 676. The van der Waals surface area contributed by atoms with Crippen molar-refractivity contribution in [1.29, 1.82) is 0 Å². The lowest BCUT2D eigenvalue weighted by atomic mass is 10.0. The van der Waals surface area contributed by atoms with E-state index in [4.69, 9.17) is 16.3 Å². The lowest BCUT2D eigenvalue weighted by Crippen LogP contribution is -2.32. The molecule has 1 N–H and O–H groups in total. The van der Waals surface area contributed by atoms with Gasteiger partial charge in [0.25, 0.3) is 0 Å². The quantitative estimate of drug-likeness (QED) is 0.880. The van der Waals surface area contributed by atoms with Crippen molar-refractivity contribution < 1.29 is 9.53 Å². The maximum atomic E-state index is 12.1. The summed E-state index contributed by atoms with van der Waals surface area (Å²) in [6.07, 6.45) is 5.19. The van der Waals surface area contributed by atoms with Crippen molar-refractivity contribution in [3.05, 3.63) is 64.4 Å². The van der Waals surface area contributed by atoms with Crippen LogP contribution in [0.5, 0.6) is 0 Å². The van der Waals surface area contributed by atoms with Crippen LogP contribution >= 0.6 is 11.6 Å². The topological polar surface area (TPSA) is 51.2 Å². The number of carbonyl (C=O) groups is 1. The van der Waals surface area contributed by atoms with E-state index in [9.17, 15) is 4.79 Å².